The van der Waals surface area contributed by atoms with Crippen LogP contribution < -0.4 is 0 Å². The van der Waals surface area contributed by atoms with Crippen molar-refractivity contribution in [2.45, 2.75) is 25.7 Å². The summed E-state index contributed by atoms with van der Waals surface area (Å²) in [7, 11) is 0. The first kappa shape index (κ1) is 17.3. The van der Waals surface area contributed by atoms with Gasteiger partial charge in [0.2, 0.25) is 0 Å². The molecule has 0 aromatic heterocycles. The monoisotopic (exact) mass is 274 g/mol. The first-order chi connectivity index (χ1) is 9.10. The van der Waals surface area contributed by atoms with E-state index in [-0.39, 0.29) is 19.2 Å². The third-order valence-electron chi connectivity index (χ3n) is 1.91. The fourth-order valence-electron chi connectivity index (χ4n) is 1.00. The number of carbonyl (C=O) groups excluding carboxylic acids is 3. The van der Waals surface area contributed by atoms with Crippen LogP contribution in [0.15, 0.2) is 12.2 Å². The Kier molecular flexibility index (Phi) is 10.3. The highest BCUT2D eigenvalue weighted by Crippen LogP contribution is 2.01. The molecule has 7 nitrogen and oxygen atoms in total. The van der Waals surface area contributed by atoms with Crippen molar-refractivity contribution in [2.24, 2.45) is 0 Å². The van der Waals surface area contributed by atoms with Crippen molar-refractivity contribution in [2.75, 3.05) is 19.8 Å². The summed E-state index contributed by atoms with van der Waals surface area (Å²) in [6.07, 6.45) is 5.15. The Hall–Kier alpha value is -1.73. The largest absolute Gasteiger partial charge is 0.466 e. The molecule has 0 bridgehead atoms. The molecule has 2 aliphatic rings. The van der Waals surface area contributed by atoms with Crippen molar-refractivity contribution < 1.29 is 34.1 Å². The van der Waals surface area contributed by atoms with Gasteiger partial charge in [-0.25, -0.2) is 9.59 Å². The van der Waals surface area contributed by atoms with Crippen molar-refractivity contribution in [3.05, 3.63) is 12.2 Å². The van der Waals surface area contributed by atoms with Gasteiger partial charge in [0.05, 0.1) is 6.61 Å². The van der Waals surface area contributed by atoms with Gasteiger partial charge in [-0.1, -0.05) is 0 Å². The van der Waals surface area contributed by atoms with Gasteiger partial charge in [-0.3, -0.25) is 4.79 Å². The number of hydrogen-bond acceptors (Lipinski definition) is 7. The Morgan fingerprint density at radius 1 is 1.00 bits per heavy atom. The average Bonchev–Trinajstić information content (AvgIpc) is 3.00. The summed E-state index contributed by atoms with van der Waals surface area (Å²) in [6, 6.07) is 0. The topological polar surface area (TPSA) is 110 Å². The Balaban J connectivity index is 0.000000257. The molecule has 0 saturated carbocycles. The van der Waals surface area contributed by atoms with Crippen molar-refractivity contribution in [3.63, 3.8) is 0 Å². The van der Waals surface area contributed by atoms with E-state index >= 15 is 0 Å². The first-order valence-corrected chi connectivity index (χ1v) is 5.91. The van der Waals surface area contributed by atoms with E-state index in [0.717, 1.165) is 31.4 Å². The van der Waals surface area contributed by atoms with Crippen LogP contribution in [0.25, 0.3) is 0 Å². The number of aliphatic hydroxyl groups is 2. The lowest BCUT2D eigenvalue weighted by atomic mass is 10.3. The number of aliphatic hydroxyl groups excluding tert-OH is 2. The summed E-state index contributed by atoms with van der Waals surface area (Å²) in [4.78, 5) is 29.9. The summed E-state index contributed by atoms with van der Waals surface area (Å²) in [5.41, 5.74) is 0. The second-order valence-electron chi connectivity index (χ2n) is 3.55. The number of cyclic esters (lactones) is 3. The van der Waals surface area contributed by atoms with Gasteiger partial charge in [0.25, 0.3) is 0 Å². The number of unbranched alkanes of at least 4 members (excludes halogenated alkanes) is 1. The van der Waals surface area contributed by atoms with E-state index < -0.39 is 11.9 Å². The molecule has 0 atom stereocenters. The molecule has 0 spiro atoms. The number of carbonyl (C=O) groups is 3. The van der Waals surface area contributed by atoms with Crippen molar-refractivity contribution in [1.82, 2.24) is 0 Å². The standard InChI is InChI=1S/C4H2O3.C4H6O2.C4H10O2/c5-3-1-2-4(6)7-3;5-4-2-1-3-6-4;5-3-1-2-4-6/h1-2H;1-3H2;5-6H,1-4H2. The van der Waals surface area contributed by atoms with Crippen LogP contribution in [0.5, 0.6) is 0 Å². The molecule has 2 aliphatic heterocycles. The van der Waals surface area contributed by atoms with E-state index in [0.29, 0.717) is 13.0 Å². The predicted molar refractivity (Wildman–Crippen MR) is 63.8 cm³/mol. The molecule has 0 radical (unpaired) electrons. The Bertz CT molecular complexity index is 294. The van der Waals surface area contributed by atoms with E-state index in [2.05, 4.69) is 9.47 Å². The number of ether oxygens (including phenoxy) is 2. The molecule has 0 unspecified atom stereocenters. The molecular formula is C12H18O7. The van der Waals surface area contributed by atoms with Crippen LogP contribution in [0.1, 0.15) is 25.7 Å². The number of rotatable bonds is 3. The van der Waals surface area contributed by atoms with Crippen LogP contribution in [-0.4, -0.2) is 47.9 Å². The van der Waals surface area contributed by atoms with Crippen LogP contribution in [0, 0.1) is 0 Å². The zero-order valence-corrected chi connectivity index (χ0v) is 10.5. The summed E-state index contributed by atoms with van der Waals surface area (Å²) in [5.74, 6) is -1.20. The molecular weight excluding hydrogens is 256 g/mol. The highest BCUT2D eigenvalue weighted by Gasteiger charge is 2.10. The highest BCUT2D eigenvalue weighted by molar-refractivity contribution is 6.04. The van der Waals surface area contributed by atoms with E-state index in [4.69, 9.17) is 10.2 Å². The van der Waals surface area contributed by atoms with Gasteiger partial charge in [0.15, 0.2) is 0 Å². The number of hydrogen-bond donors (Lipinski definition) is 2. The second-order valence-corrected chi connectivity index (χ2v) is 3.55. The summed E-state index contributed by atoms with van der Waals surface area (Å²) < 4.78 is 8.49. The summed E-state index contributed by atoms with van der Waals surface area (Å²) in [5, 5.41) is 16.2. The molecule has 0 aromatic rings. The third kappa shape index (κ3) is 11.1. The van der Waals surface area contributed by atoms with Gasteiger partial charge in [-0.05, 0) is 19.3 Å². The quantitative estimate of drug-likeness (QED) is 0.413. The fourth-order valence-corrected chi connectivity index (χ4v) is 1.00. The van der Waals surface area contributed by atoms with Crippen molar-refractivity contribution in [1.29, 1.82) is 0 Å². The highest BCUT2D eigenvalue weighted by atomic mass is 16.6. The van der Waals surface area contributed by atoms with Gasteiger partial charge >= 0.3 is 17.9 Å². The molecule has 2 heterocycles. The predicted octanol–water partition coefficient (Wildman–Crippen LogP) is -0.299. The van der Waals surface area contributed by atoms with Crippen LogP contribution in [0.3, 0.4) is 0 Å². The van der Waals surface area contributed by atoms with Crippen molar-refractivity contribution in [3.8, 4) is 0 Å². The van der Waals surface area contributed by atoms with Crippen LogP contribution in [0.4, 0.5) is 0 Å². The maximum atomic E-state index is 10.0. The zero-order chi connectivity index (χ0) is 14.5. The molecule has 108 valence electrons. The maximum absolute atomic E-state index is 10.0. The molecule has 2 N–H and O–H groups in total. The van der Waals surface area contributed by atoms with E-state index in [1.54, 1.807) is 0 Å². The van der Waals surface area contributed by atoms with Gasteiger partial charge in [-0.2, -0.15) is 0 Å². The molecule has 1 saturated heterocycles. The van der Waals surface area contributed by atoms with Crippen LogP contribution in [-0.2, 0) is 23.9 Å². The number of esters is 3. The Morgan fingerprint density at radius 3 is 1.68 bits per heavy atom. The van der Waals surface area contributed by atoms with E-state index in [1.807, 2.05) is 0 Å². The average molecular weight is 274 g/mol. The Morgan fingerprint density at radius 2 is 1.53 bits per heavy atom. The van der Waals surface area contributed by atoms with Gasteiger partial charge in [0, 0.05) is 31.8 Å². The first-order valence-electron chi connectivity index (χ1n) is 5.91. The lowest BCUT2D eigenvalue weighted by Crippen LogP contribution is -1.96. The van der Waals surface area contributed by atoms with Crippen LogP contribution >= 0.6 is 0 Å². The van der Waals surface area contributed by atoms with Crippen molar-refractivity contribution >= 4 is 17.9 Å². The lowest BCUT2D eigenvalue weighted by Gasteiger charge is -1.85. The Labute approximate surface area is 110 Å². The van der Waals surface area contributed by atoms with Gasteiger partial charge in [0.1, 0.15) is 0 Å². The molecule has 7 heteroatoms. The molecule has 0 aliphatic carbocycles. The zero-order valence-electron chi connectivity index (χ0n) is 10.5. The molecule has 2 rings (SSSR count). The maximum Gasteiger partial charge on any atom is 0.338 e. The lowest BCUT2D eigenvalue weighted by molar-refractivity contribution is -0.150. The molecule has 19 heavy (non-hydrogen) atoms. The molecule has 1 fully saturated rings. The van der Waals surface area contributed by atoms with E-state index in [9.17, 15) is 14.4 Å². The molecule has 0 aromatic carbocycles. The fraction of sp³-hybridized carbons (Fsp3) is 0.583. The third-order valence-corrected chi connectivity index (χ3v) is 1.91. The van der Waals surface area contributed by atoms with E-state index in [1.165, 1.54) is 0 Å². The minimum Gasteiger partial charge on any atom is -0.466 e. The second kappa shape index (κ2) is 11.4. The normalized spacial score (nSPS) is 16.0. The molecule has 0 amide bonds. The minimum absolute atomic E-state index is 0.0463. The minimum atomic E-state index is -0.579. The van der Waals surface area contributed by atoms with Gasteiger partial charge in [-0.15, -0.1) is 0 Å². The smallest absolute Gasteiger partial charge is 0.338 e. The summed E-state index contributed by atoms with van der Waals surface area (Å²) in [6.45, 7) is 1.03. The van der Waals surface area contributed by atoms with Crippen LogP contribution in [0.2, 0.25) is 0 Å². The van der Waals surface area contributed by atoms with Gasteiger partial charge < -0.3 is 19.7 Å². The SMILES string of the molecule is O=C1C=CC(=O)O1.O=C1CCCO1.OCCCCO. The summed E-state index contributed by atoms with van der Waals surface area (Å²) >= 11 is 0.